The second-order valence-corrected chi connectivity index (χ2v) is 26.5. The van der Waals surface area contributed by atoms with Gasteiger partial charge in [-0.3, -0.25) is 4.79 Å². The summed E-state index contributed by atoms with van der Waals surface area (Å²) in [5.74, 6) is -1.71. The Hall–Kier alpha value is -2.12. The number of methoxy groups -OCH3 is 2. The standard InChI is InChI=1S/C56H90O24/c1-23-32(59)35(62)40(67)46(73-23)77-31-20-51(3,50(70)72-10)19-26-25-11-12-29-53(5)15-14-30(54(6,22-58)28(53)13-16-56(29,8)55(25,7)18-17-52(26,31)4)76-49-44(39(66)38(65)42(78-49)45(69)71-9)80-48-43(37(64)34(61)27(21-57)75-48)79-47-41(68)36(63)33(60)24(2)74-47/h11,23-24,26-44,46-49,57-68H,12-22H2,1-10H3/t23-,24-,26-,27+,28?,29+,30-,31+,32-,33-,34+,35+,36+,37-,38-,39-,40+,41+,42-,43+,44+,46-,47-,48-,49+,51-,52+,53-,54+,55+,56+/m0/s1. The van der Waals surface area contributed by atoms with Gasteiger partial charge in [0.1, 0.15) is 79.4 Å². The van der Waals surface area contributed by atoms with Crippen LogP contribution in [0.5, 0.6) is 0 Å². The van der Waals surface area contributed by atoms with Gasteiger partial charge in [0.25, 0.3) is 0 Å². The highest BCUT2D eigenvalue weighted by Gasteiger charge is 2.71. The van der Waals surface area contributed by atoms with Crippen molar-refractivity contribution in [1.82, 2.24) is 0 Å². The zero-order chi connectivity index (χ0) is 58.7. The van der Waals surface area contributed by atoms with Crippen molar-refractivity contribution in [3.63, 3.8) is 0 Å². The van der Waals surface area contributed by atoms with Crippen molar-refractivity contribution in [2.45, 2.75) is 248 Å². The predicted octanol–water partition coefficient (Wildman–Crippen LogP) is -1.20. The van der Waals surface area contributed by atoms with Gasteiger partial charge < -0.3 is 109 Å². The van der Waals surface area contributed by atoms with Crippen LogP contribution in [0.3, 0.4) is 0 Å². The first-order chi connectivity index (χ1) is 37.4. The molecule has 24 nitrogen and oxygen atoms in total. The van der Waals surface area contributed by atoms with Crippen molar-refractivity contribution in [3.05, 3.63) is 11.6 Å². The Morgan fingerprint density at radius 2 is 1.12 bits per heavy atom. The van der Waals surface area contributed by atoms with Gasteiger partial charge in [0.15, 0.2) is 31.3 Å². The molecule has 8 fully saturated rings. The van der Waals surface area contributed by atoms with Crippen molar-refractivity contribution in [1.29, 1.82) is 0 Å². The Balaban J connectivity index is 1.00. The van der Waals surface area contributed by atoms with E-state index in [1.165, 1.54) is 19.6 Å². The highest BCUT2D eigenvalue weighted by atomic mass is 16.8. The molecule has 0 aromatic rings. The number of fused-ring (bicyclic) bond motifs is 7. The molecule has 4 aliphatic heterocycles. The van der Waals surface area contributed by atoms with Crippen molar-refractivity contribution in [2.75, 3.05) is 27.4 Å². The maximum Gasteiger partial charge on any atom is 0.337 e. The van der Waals surface area contributed by atoms with E-state index in [-0.39, 0.29) is 47.6 Å². The highest BCUT2D eigenvalue weighted by molar-refractivity contribution is 5.77. The van der Waals surface area contributed by atoms with Crippen LogP contribution >= 0.6 is 0 Å². The van der Waals surface area contributed by atoms with Gasteiger partial charge in [-0.05, 0) is 113 Å². The maximum atomic E-state index is 13.8. The van der Waals surface area contributed by atoms with Gasteiger partial charge in [0.2, 0.25) is 0 Å². The maximum absolute atomic E-state index is 13.8. The van der Waals surface area contributed by atoms with Gasteiger partial charge in [-0.2, -0.15) is 0 Å². The molecule has 0 aromatic carbocycles. The Morgan fingerprint density at radius 3 is 1.70 bits per heavy atom. The molecule has 9 aliphatic rings. The fourth-order valence-electron chi connectivity index (χ4n) is 16.9. The summed E-state index contributed by atoms with van der Waals surface area (Å²) in [6.07, 6.45) is -26.6. The van der Waals surface area contributed by atoms with Crippen LogP contribution in [0.2, 0.25) is 0 Å². The van der Waals surface area contributed by atoms with Crippen molar-refractivity contribution >= 4 is 11.9 Å². The fraction of sp³-hybridized carbons (Fsp3) is 0.929. The number of aliphatic hydroxyl groups is 12. The first-order valence-corrected chi connectivity index (χ1v) is 28.6. The summed E-state index contributed by atoms with van der Waals surface area (Å²) in [4.78, 5) is 27.0. The molecular formula is C56H90O24. The summed E-state index contributed by atoms with van der Waals surface area (Å²) >= 11 is 0. The van der Waals surface area contributed by atoms with E-state index in [0.717, 1.165) is 20.0 Å². The third-order valence-electron chi connectivity index (χ3n) is 22.2. The van der Waals surface area contributed by atoms with Crippen LogP contribution in [0.25, 0.3) is 0 Å². The molecule has 80 heavy (non-hydrogen) atoms. The van der Waals surface area contributed by atoms with E-state index in [2.05, 4.69) is 33.8 Å². The van der Waals surface area contributed by atoms with Crippen LogP contribution in [0.1, 0.15) is 113 Å². The van der Waals surface area contributed by atoms with Crippen LogP contribution in [0, 0.1) is 50.2 Å². The molecule has 4 heterocycles. The Bertz CT molecular complexity index is 2260. The van der Waals surface area contributed by atoms with E-state index in [4.69, 9.17) is 47.4 Å². The summed E-state index contributed by atoms with van der Waals surface area (Å²) in [5.41, 5.74) is -2.41. The van der Waals surface area contributed by atoms with Gasteiger partial charge in [-0.25, -0.2) is 4.79 Å². The molecule has 458 valence electrons. The SMILES string of the molecule is COC(=O)[C@H]1O[C@@H](O[C@H]2CC[C@@]3(C)C(CC[C@]4(C)[C@@H]3CC=C3[C@@H]5C[C@](C)(C(=O)OC)C[C@@H](O[C@@H]6O[C@@H](C)[C@H](O)[C@@H](O)[C@H]6O)[C@]5(C)CC[C@]34C)[C@@]2(C)CO)[C@H](O[C@@H]2O[C@H](CO)[C@@H](O)[C@H](O)[C@H]2O[C@@H]2O[C@@H](C)[C@H](O)[C@@H](O)[C@H]2O)[C@@H](O)[C@@H]1O. The largest absolute Gasteiger partial charge is 0.469 e. The first kappa shape index (κ1) is 62.4. The molecule has 0 amide bonds. The molecule has 0 spiro atoms. The summed E-state index contributed by atoms with van der Waals surface area (Å²) in [6.45, 7) is 14.8. The van der Waals surface area contributed by atoms with Gasteiger partial charge in [0.05, 0.1) is 57.3 Å². The molecule has 12 N–H and O–H groups in total. The Labute approximate surface area is 466 Å². The van der Waals surface area contributed by atoms with E-state index in [9.17, 15) is 70.9 Å². The normalized spacial score (nSPS) is 55.1. The Kier molecular flexibility index (Phi) is 17.6. The van der Waals surface area contributed by atoms with Gasteiger partial charge in [-0.15, -0.1) is 0 Å². The number of hydrogen-bond donors (Lipinski definition) is 12. The van der Waals surface area contributed by atoms with Crippen molar-refractivity contribution in [2.24, 2.45) is 50.2 Å². The zero-order valence-electron chi connectivity index (χ0n) is 47.6. The van der Waals surface area contributed by atoms with Gasteiger partial charge >= 0.3 is 11.9 Å². The van der Waals surface area contributed by atoms with Crippen LogP contribution in [0.15, 0.2) is 11.6 Å². The molecule has 0 radical (unpaired) electrons. The lowest BCUT2D eigenvalue weighted by atomic mass is 9.33. The average molecular weight is 1150 g/mol. The smallest absolute Gasteiger partial charge is 0.337 e. The summed E-state index contributed by atoms with van der Waals surface area (Å²) in [6, 6.07) is 0. The lowest BCUT2D eigenvalue weighted by Gasteiger charge is -2.72. The molecule has 5 aliphatic carbocycles. The van der Waals surface area contributed by atoms with E-state index in [0.29, 0.717) is 38.5 Å². The third kappa shape index (κ3) is 9.85. The number of esters is 2. The van der Waals surface area contributed by atoms with E-state index < -0.39 is 169 Å². The topological polar surface area (TPSA) is 369 Å². The van der Waals surface area contributed by atoms with Gasteiger partial charge in [0, 0.05) is 10.8 Å². The predicted molar refractivity (Wildman–Crippen MR) is 273 cm³/mol. The van der Waals surface area contributed by atoms with Crippen molar-refractivity contribution in [3.8, 4) is 0 Å². The molecule has 24 heteroatoms. The molecule has 31 atom stereocenters. The number of allylic oxidation sites excluding steroid dienone is 2. The number of rotatable bonds is 12. The molecule has 0 bridgehead atoms. The molecule has 9 rings (SSSR count). The number of ether oxygens (including phenoxy) is 10. The minimum Gasteiger partial charge on any atom is -0.469 e. The van der Waals surface area contributed by atoms with E-state index in [1.54, 1.807) is 6.92 Å². The number of carbonyl (C=O) groups is 2. The lowest BCUT2D eigenvalue weighted by molar-refractivity contribution is -0.396. The number of hydrogen-bond acceptors (Lipinski definition) is 24. The fourth-order valence-corrected chi connectivity index (χ4v) is 16.9. The minimum absolute atomic E-state index is 0.0739. The zero-order valence-corrected chi connectivity index (χ0v) is 47.6. The second-order valence-electron chi connectivity index (χ2n) is 26.5. The third-order valence-corrected chi connectivity index (χ3v) is 22.2. The molecule has 0 aromatic heterocycles. The van der Waals surface area contributed by atoms with E-state index in [1.807, 2.05) is 13.8 Å². The average Bonchev–Trinajstić information content (AvgIpc) is 3.17. The summed E-state index contributed by atoms with van der Waals surface area (Å²) < 4.78 is 59.9. The van der Waals surface area contributed by atoms with Gasteiger partial charge in [-0.1, -0.05) is 46.3 Å². The van der Waals surface area contributed by atoms with Crippen molar-refractivity contribution < 1.29 is 118 Å². The monoisotopic (exact) mass is 1150 g/mol. The van der Waals surface area contributed by atoms with Crippen LogP contribution in [0.4, 0.5) is 0 Å². The molecule has 4 saturated heterocycles. The van der Waals surface area contributed by atoms with Crippen LogP contribution < -0.4 is 0 Å². The minimum atomic E-state index is -2.01. The van der Waals surface area contributed by atoms with Crippen LogP contribution in [-0.2, 0) is 57.0 Å². The quantitative estimate of drug-likeness (QED) is 0.0620. The molecular weight excluding hydrogens is 1060 g/mol. The molecule has 4 saturated carbocycles. The first-order valence-electron chi connectivity index (χ1n) is 28.6. The number of aliphatic hydroxyl groups excluding tert-OH is 12. The second kappa shape index (κ2) is 22.6. The number of carbonyl (C=O) groups excluding carboxylic acids is 2. The summed E-state index contributed by atoms with van der Waals surface area (Å²) in [5, 5.41) is 132. The Morgan fingerprint density at radius 1 is 0.562 bits per heavy atom. The summed E-state index contributed by atoms with van der Waals surface area (Å²) in [7, 11) is 2.44. The van der Waals surface area contributed by atoms with E-state index >= 15 is 0 Å². The lowest BCUT2D eigenvalue weighted by Crippen LogP contribution is -2.68. The molecule has 1 unspecified atom stereocenters. The highest BCUT2D eigenvalue weighted by Crippen LogP contribution is 2.76. The van der Waals surface area contributed by atoms with Crippen LogP contribution in [-0.4, -0.2) is 236 Å².